The molecule has 1 unspecified atom stereocenters. The van der Waals surface area contributed by atoms with Gasteiger partial charge in [0.25, 0.3) is 5.91 Å². The number of primary amides is 1. The Balaban J connectivity index is 1.92. The molecule has 1 atom stereocenters. The molecule has 0 aliphatic carbocycles. The fraction of sp³-hybridized carbons (Fsp3) is 0.333. The van der Waals surface area contributed by atoms with Crippen molar-refractivity contribution in [3.63, 3.8) is 0 Å². The number of nitrogens with two attached hydrogens (primary N) is 1. The third-order valence-corrected chi connectivity index (χ3v) is 2.99. The van der Waals surface area contributed by atoms with Gasteiger partial charge < -0.3 is 10.6 Å². The lowest BCUT2D eigenvalue weighted by atomic mass is 10.2. The lowest BCUT2D eigenvalue weighted by Crippen LogP contribution is -2.49. The number of nitrogens with zero attached hydrogens (tertiary/aromatic N) is 1. The molecular formula is C12H15FN4O2. The summed E-state index contributed by atoms with van der Waals surface area (Å²) in [6.07, 6.45) is 1.31. The van der Waals surface area contributed by atoms with Crippen LogP contribution in [0.25, 0.3) is 0 Å². The number of hydrogen-bond acceptors (Lipinski definition) is 3. The van der Waals surface area contributed by atoms with Crippen LogP contribution in [0.15, 0.2) is 24.3 Å². The Kier molecular flexibility index (Phi) is 3.84. The van der Waals surface area contributed by atoms with Gasteiger partial charge in [-0.1, -0.05) is 6.07 Å². The van der Waals surface area contributed by atoms with E-state index in [1.54, 1.807) is 6.07 Å². The van der Waals surface area contributed by atoms with E-state index in [9.17, 15) is 14.0 Å². The molecule has 1 saturated heterocycles. The first-order valence-corrected chi connectivity index (χ1v) is 5.95. The number of hydrazine groups is 1. The van der Waals surface area contributed by atoms with Gasteiger partial charge in [-0.25, -0.2) is 9.18 Å². The Morgan fingerprint density at radius 2 is 2.21 bits per heavy atom. The number of amides is 3. The third-order valence-electron chi connectivity index (χ3n) is 2.99. The van der Waals surface area contributed by atoms with Crippen LogP contribution in [0.2, 0.25) is 0 Å². The molecule has 6 nitrogen and oxygen atoms in total. The molecule has 0 aromatic heterocycles. The molecule has 3 amide bonds. The van der Waals surface area contributed by atoms with Gasteiger partial charge in [-0.05, 0) is 31.0 Å². The zero-order chi connectivity index (χ0) is 13.8. The molecule has 0 saturated carbocycles. The van der Waals surface area contributed by atoms with Crippen molar-refractivity contribution < 1.29 is 14.0 Å². The van der Waals surface area contributed by atoms with E-state index in [-0.39, 0.29) is 5.91 Å². The molecule has 4 N–H and O–H groups in total. The first-order valence-electron chi connectivity index (χ1n) is 5.95. The largest absolute Gasteiger partial charge is 0.351 e. The number of nitrogens with one attached hydrogen (secondary N) is 2. The monoisotopic (exact) mass is 266 g/mol. The van der Waals surface area contributed by atoms with Crippen molar-refractivity contribution in [2.75, 3.05) is 12.0 Å². The lowest BCUT2D eigenvalue weighted by molar-refractivity contribution is -0.124. The quantitative estimate of drug-likeness (QED) is 0.707. The number of hydrogen-bond donors (Lipinski definition) is 3. The zero-order valence-corrected chi connectivity index (χ0v) is 10.2. The van der Waals surface area contributed by atoms with Crippen molar-refractivity contribution in [3.8, 4) is 0 Å². The molecule has 1 aromatic rings. The number of halogens is 1. The highest BCUT2D eigenvalue weighted by molar-refractivity contribution is 5.87. The topological polar surface area (TPSA) is 87.5 Å². The van der Waals surface area contributed by atoms with Crippen molar-refractivity contribution in [1.82, 2.24) is 10.3 Å². The van der Waals surface area contributed by atoms with Crippen LogP contribution in [0.4, 0.5) is 14.9 Å². The lowest BCUT2D eigenvalue weighted by Gasteiger charge is -2.22. The summed E-state index contributed by atoms with van der Waals surface area (Å²) < 4.78 is 12.9. The van der Waals surface area contributed by atoms with Gasteiger partial charge in [0.05, 0.1) is 5.69 Å². The minimum atomic E-state index is -0.608. The van der Waals surface area contributed by atoms with Gasteiger partial charge in [0.2, 0.25) is 0 Å². The van der Waals surface area contributed by atoms with Crippen LogP contribution >= 0.6 is 0 Å². The summed E-state index contributed by atoms with van der Waals surface area (Å²) in [6, 6.07) is 4.51. The predicted molar refractivity (Wildman–Crippen MR) is 67.5 cm³/mol. The molecule has 1 aliphatic rings. The average Bonchev–Trinajstić information content (AvgIpc) is 2.85. The van der Waals surface area contributed by atoms with E-state index in [0.29, 0.717) is 18.7 Å². The van der Waals surface area contributed by atoms with Crippen LogP contribution in [0.1, 0.15) is 12.8 Å². The van der Waals surface area contributed by atoms with Gasteiger partial charge in [-0.15, -0.1) is 0 Å². The van der Waals surface area contributed by atoms with Gasteiger partial charge in [0.15, 0.2) is 0 Å². The Bertz CT molecular complexity index is 494. The van der Waals surface area contributed by atoms with Crippen LogP contribution in [0.5, 0.6) is 0 Å². The van der Waals surface area contributed by atoms with Crippen LogP contribution < -0.4 is 16.6 Å². The van der Waals surface area contributed by atoms with Crippen LogP contribution in [0.3, 0.4) is 0 Å². The van der Waals surface area contributed by atoms with Crippen LogP contribution in [-0.2, 0) is 4.79 Å². The van der Waals surface area contributed by atoms with Crippen LogP contribution in [-0.4, -0.2) is 29.4 Å². The van der Waals surface area contributed by atoms with Gasteiger partial charge in [0.1, 0.15) is 11.9 Å². The maximum Gasteiger partial charge on any atom is 0.315 e. The molecule has 1 heterocycles. The fourth-order valence-corrected chi connectivity index (χ4v) is 2.09. The standard InChI is InChI=1S/C12H15FN4O2/c13-8-3-1-4-9(7-8)15-16-11(18)10-5-2-6-17(10)12(14)19/h1,3-4,7,10,15H,2,5-6H2,(H2,14,19)(H,16,18). The van der Waals surface area contributed by atoms with Gasteiger partial charge >= 0.3 is 6.03 Å². The summed E-state index contributed by atoms with van der Waals surface area (Å²) in [5.41, 5.74) is 10.7. The Labute approximate surface area is 109 Å². The molecule has 0 radical (unpaired) electrons. The maximum atomic E-state index is 12.9. The van der Waals surface area contributed by atoms with E-state index in [1.807, 2.05) is 0 Å². The van der Waals surface area contributed by atoms with E-state index in [1.165, 1.54) is 23.1 Å². The number of benzene rings is 1. The summed E-state index contributed by atoms with van der Waals surface area (Å²) in [5.74, 6) is -0.764. The maximum absolute atomic E-state index is 12.9. The van der Waals surface area contributed by atoms with E-state index in [0.717, 1.165) is 6.42 Å². The SMILES string of the molecule is NC(=O)N1CCCC1C(=O)NNc1cccc(F)c1. The summed E-state index contributed by atoms with van der Waals surface area (Å²) in [6.45, 7) is 0.480. The van der Waals surface area contributed by atoms with Crippen molar-refractivity contribution >= 4 is 17.6 Å². The number of likely N-dealkylation sites (tertiary alicyclic amines) is 1. The van der Waals surface area contributed by atoms with Crippen molar-refractivity contribution in [2.24, 2.45) is 5.73 Å². The molecule has 102 valence electrons. The van der Waals surface area contributed by atoms with Crippen molar-refractivity contribution in [1.29, 1.82) is 0 Å². The van der Waals surface area contributed by atoms with Crippen LogP contribution in [0, 0.1) is 5.82 Å². The number of carbonyl (C=O) groups excluding carboxylic acids is 2. The van der Waals surface area contributed by atoms with Gasteiger partial charge in [-0.2, -0.15) is 0 Å². The van der Waals surface area contributed by atoms with Crippen molar-refractivity contribution in [3.05, 3.63) is 30.1 Å². The van der Waals surface area contributed by atoms with E-state index >= 15 is 0 Å². The number of rotatable bonds is 3. The van der Waals surface area contributed by atoms with E-state index in [4.69, 9.17) is 5.73 Å². The fourth-order valence-electron chi connectivity index (χ4n) is 2.09. The molecular weight excluding hydrogens is 251 g/mol. The highest BCUT2D eigenvalue weighted by Crippen LogP contribution is 2.17. The van der Waals surface area contributed by atoms with E-state index < -0.39 is 17.9 Å². The smallest absolute Gasteiger partial charge is 0.315 e. The number of carbonyl (C=O) groups is 2. The minimum absolute atomic E-state index is 0.361. The Hall–Kier alpha value is -2.31. The van der Waals surface area contributed by atoms with E-state index in [2.05, 4.69) is 10.9 Å². The average molecular weight is 266 g/mol. The first-order chi connectivity index (χ1) is 9.08. The molecule has 0 spiro atoms. The Morgan fingerprint density at radius 3 is 2.89 bits per heavy atom. The number of urea groups is 1. The molecule has 0 bridgehead atoms. The summed E-state index contributed by atoms with van der Waals surface area (Å²) in [5, 5.41) is 0. The second kappa shape index (κ2) is 5.55. The molecule has 1 aromatic carbocycles. The first kappa shape index (κ1) is 13.1. The minimum Gasteiger partial charge on any atom is -0.351 e. The zero-order valence-electron chi connectivity index (χ0n) is 10.2. The highest BCUT2D eigenvalue weighted by atomic mass is 19.1. The second-order valence-electron chi connectivity index (χ2n) is 4.31. The predicted octanol–water partition coefficient (Wildman–Crippen LogP) is 0.812. The Morgan fingerprint density at radius 1 is 1.42 bits per heavy atom. The summed E-state index contributed by atoms with van der Waals surface area (Å²) in [4.78, 5) is 24.4. The third kappa shape index (κ3) is 3.12. The summed E-state index contributed by atoms with van der Waals surface area (Å²) in [7, 11) is 0. The molecule has 2 rings (SSSR count). The van der Waals surface area contributed by atoms with Crippen molar-refractivity contribution in [2.45, 2.75) is 18.9 Å². The number of anilines is 1. The molecule has 19 heavy (non-hydrogen) atoms. The highest BCUT2D eigenvalue weighted by Gasteiger charge is 2.32. The molecule has 1 fully saturated rings. The second-order valence-corrected chi connectivity index (χ2v) is 4.31. The van der Waals surface area contributed by atoms with Gasteiger partial charge in [0, 0.05) is 6.54 Å². The molecule has 7 heteroatoms. The molecule has 1 aliphatic heterocycles. The van der Waals surface area contributed by atoms with Gasteiger partial charge in [-0.3, -0.25) is 15.6 Å². The normalized spacial score (nSPS) is 18.2. The summed E-state index contributed by atoms with van der Waals surface area (Å²) >= 11 is 0.